The fourth-order valence-electron chi connectivity index (χ4n) is 7.66. The number of fused-ring (bicyclic) bond motifs is 1. The van der Waals surface area contributed by atoms with Crippen LogP contribution in [0.4, 0.5) is 0 Å². The molecule has 10 atom stereocenters. The summed E-state index contributed by atoms with van der Waals surface area (Å²) in [6.45, 7) is 12.8. The molecule has 3 aromatic rings. The normalized spacial score (nSPS) is 31.8. The molecule has 268 valence electrons. The van der Waals surface area contributed by atoms with Gasteiger partial charge in [-0.15, -0.1) is 0 Å². The predicted molar refractivity (Wildman–Crippen MR) is 189 cm³/mol. The number of hydrogen-bond acceptors (Lipinski definition) is 8. The molecule has 3 aromatic carbocycles. The Morgan fingerprint density at radius 2 is 1.37 bits per heavy atom. The van der Waals surface area contributed by atoms with E-state index in [2.05, 4.69) is 77.1 Å². The van der Waals surface area contributed by atoms with Crippen molar-refractivity contribution < 1.29 is 38.3 Å². The lowest BCUT2D eigenvalue weighted by Gasteiger charge is -2.40. The quantitative estimate of drug-likeness (QED) is 0.228. The van der Waals surface area contributed by atoms with Gasteiger partial charge in [0.15, 0.2) is 18.9 Å². The van der Waals surface area contributed by atoms with Gasteiger partial charge < -0.3 is 38.3 Å². The van der Waals surface area contributed by atoms with Crippen molar-refractivity contribution in [2.24, 2.45) is 0 Å². The second-order valence-electron chi connectivity index (χ2n) is 15.2. The van der Waals surface area contributed by atoms with E-state index >= 15 is 0 Å². The van der Waals surface area contributed by atoms with E-state index in [1.165, 1.54) is 5.56 Å². The highest BCUT2D eigenvalue weighted by Crippen LogP contribution is 2.41. The molecule has 0 radical (unpaired) electrons. The maximum Gasteiger partial charge on any atom is 0.188 e. The van der Waals surface area contributed by atoms with Crippen LogP contribution in [0, 0.1) is 0 Å². The Labute approximate surface area is 292 Å². The first-order valence-electron chi connectivity index (χ1n) is 18.3. The van der Waals surface area contributed by atoms with Crippen LogP contribution < -0.4 is 4.74 Å². The molecule has 1 N–H and O–H groups in total. The van der Waals surface area contributed by atoms with Crippen LogP contribution in [0.25, 0.3) is 10.8 Å². The topological polar surface area (TPSA) is 84.8 Å². The zero-order valence-electron chi connectivity index (χ0n) is 30.3. The minimum Gasteiger partial charge on any atom is -0.496 e. The minimum atomic E-state index is -0.567. The molecule has 0 spiro atoms. The first kappa shape index (κ1) is 36.2. The van der Waals surface area contributed by atoms with Crippen molar-refractivity contribution in [3.05, 3.63) is 77.4 Å². The average Bonchev–Trinajstić information content (AvgIpc) is 3.06. The summed E-state index contributed by atoms with van der Waals surface area (Å²) in [6.07, 6.45) is 2.72. The monoisotopic (exact) mass is 676 g/mol. The Bertz CT molecular complexity index is 1500. The number of rotatable bonds is 10. The number of aliphatic hydroxyl groups is 1. The Hall–Kier alpha value is -2.56. The fraction of sp³-hybridized carbons (Fsp3) is 0.610. The van der Waals surface area contributed by atoms with E-state index in [0.29, 0.717) is 25.7 Å². The van der Waals surface area contributed by atoms with Crippen LogP contribution in [0.1, 0.15) is 116 Å². The standard InChI is InChI=1S/C41H56O8/c1-8-31-22-34(48-39(47-31)28-13-16-29(17-14-28)41(4,5)6)21-30(42)20-33-24-35(46-26(3)45-33)23-32-19-25(2)44-40(49-32)38-36-12-10-9-11-27(36)15-18-37(38)43-7/h9-18,25-26,30-35,39-40,42H,8,19-24H2,1-7H3/t25?,26-,30?,31?,32?,33?,34?,35?,39-,40+/m0/s1. The highest BCUT2D eigenvalue weighted by Gasteiger charge is 2.38. The van der Waals surface area contributed by atoms with Gasteiger partial charge in [-0.25, -0.2) is 0 Å². The highest BCUT2D eigenvalue weighted by atomic mass is 16.7. The maximum atomic E-state index is 11.3. The molecule has 0 saturated carbocycles. The molecule has 7 unspecified atom stereocenters. The van der Waals surface area contributed by atoms with E-state index in [1.807, 2.05) is 25.1 Å². The third-order valence-corrected chi connectivity index (χ3v) is 10.2. The summed E-state index contributed by atoms with van der Waals surface area (Å²) in [5.74, 6) is 0.755. The number of benzene rings is 3. The van der Waals surface area contributed by atoms with Crippen LogP contribution in [0.15, 0.2) is 60.7 Å². The van der Waals surface area contributed by atoms with Gasteiger partial charge >= 0.3 is 0 Å². The van der Waals surface area contributed by atoms with E-state index in [0.717, 1.165) is 46.9 Å². The van der Waals surface area contributed by atoms with Crippen molar-refractivity contribution >= 4 is 10.8 Å². The molecule has 8 heteroatoms. The number of hydrogen-bond donors (Lipinski definition) is 1. The summed E-state index contributed by atoms with van der Waals surface area (Å²) in [5.41, 5.74) is 3.29. The van der Waals surface area contributed by atoms with Crippen molar-refractivity contribution in [2.75, 3.05) is 7.11 Å². The molecule has 3 aliphatic rings. The molecular weight excluding hydrogens is 620 g/mol. The Morgan fingerprint density at radius 3 is 2.08 bits per heavy atom. The fourth-order valence-corrected chi connectivity index (χ4v) is 7.66. The Balaban J connectivity index is 1.06. The summed E-state index contributed by atoms with van der Waals surface area (Å²) in [5, 5.41) is 13.5. The van der Waals surface area contributed by atoms with Gasteiger partial charge in [0.1, 0.15) is 5.75 Å². The third kappa shape index (κ3) is 9.03. The molecule has 8 nitrogen and oxygen atoms in total. The second kappa shape index (κ2) is 15.8. The zero-order valence-corrected chi connectivity index (χ0v) is 30.3. The van der Waals surface area contributed by atoms with Gasteiger partial charge in [0, 0.05) is 24.8 Å². The average molecular weight is 677 g/mol. The van der Waals surface area contributed by atoms with Crippen molar-refractivity contribution in [1.82, 2.24) is 0 Å². The lowest BCUT2D eigenvalue weighted by molar-refractivity contribution is -0.271. The molecule has 0 aliphatic carbocycles. The van der Waals surface area contributed by atoms with E-state index < -0.39 is 18.7 Å². The number of ether oxygens (including phenoxy) is 7. The molecule has 0 amide bonds. The molecule has 49 heavy (non-hydrogen) atoms. The summed E-state index contributed by atoms with van der Waals surface area (Å²) in [4.78, 5) is 0. The van der Waals surface area contributed by atoms with E-state index in [9.17, 15) is 5.11 Å². The maximum absolute atomic E-state index is 11.3. The molecule has 3 fully saturated rings. The van der Waals surface area contributed by atoms with Gasteiger partial charge in [0.25, 0.3) is 0 Å². The van der Waals surface area contributed by atoms with Gasteiger partial charge in [-0.1, -0.05) is 82.3 Å². The molecular formula is C41H56O8. The summed E-state index contributed by atoms with van der Waals surface area (Å²) < 4.78 is 44.0. The van der Waals surface area contributed by atoms with Gasteiger partial charge in [-0.2, -0.15) is 0 Å². The molecule has 0 bridgehead atoms. The van der Waals surface area contributed by atoms with Crippen LogP contribution >= 0.6 is 0 Å². The first-order valence-corrected chi connectivity index (χ1v) is 18.3. The lowest BCUT2D eigenvalue weighted by atomic mass is 9.86. The third-order valence-electron chi connectivity index (χ3n) is 10.2. The molecule has 3 aliphatic heterocycles. The molecule has 3 saturated heterocycles. The van der Waals surface area contributed by atoms with Crippen molar-refractivity contribution in [1.29, 1.82) is 0 Å². The van der Waals surface area contributed by atoms with Gasteiger partial charge in [-0.05, 0) is 67.3 Å². The first-order chi connectivity index (χ1) is 23.5. The molecule has 6 rings (SSSR count). The van der Waals surface area contributed by atoms with Crippen LogP contribution in [0.5, 0.6) is 5.75 Å². The van der Waals surface area contributed by atoms with E-state index in [4.69, 9.17) is 33.2 Å². The Kier molecular flexibility index (Phi) is 11.7. The second-order valence-corrected chi connectivity index (χ2v) is 15.2. The molecule has 3 heterocycles. The van der Waals surface area contributed by atoms with Crippen LogP contribution in [0.3, 0.4) is 0 Å². The van der Waals surface area contributed by atoms with Crippen LogP contribution in [-0.2, 0) is 33.8 Å². The lowest BCUT2D eigenvalue weighted by Crippen LogP contribution is -2.42. The van der Waals surface area contributed by atoms with Crippen molar-refractivity contribution in [2.45, 2.75) is 154 Å². The number of methoxy groups -OCH3 is 1. The minimum absolute atomic E-state index is 0.00831. The SMILES string of the molecule is CCC1CC(CC(O)CC2CC(CC3CC(C)O[C@@H](c4c(OC)ccc5ccccc45)O3)O[C@@H](C)O2)O[C@@H](c2ccc(C(C)(C)C)cc2)O1. The summed E-state index contributed by atoms with van der Waals surface area (Å²) in [7, 11) is 1.68. The number of aliphatic hydroxyl groups excluding tert-OH is 1. The van der Waals surface area contributed by atoms with Gasteiger partial charge in [-0.3, -0.25) is 0 Å². The highest BCUT2D eigenvalue weighted by molar-refractivity contribution is 5.88. The van der Waals surface area contributed by atoms with Crippen molar-refractivity contribution in [3.63, 3.8) is 0 Å². The van der Waals surface area contributed by atoms with Gasteiger partial charge in [0.05, 0.1) is 55.4 Å². The van der Waals surface area contributed by atoms with Gasteiger partial charge in [0.2, 0.25) is 0 Å². The largest absolute Gasteiger partial charge is 0.496 e. The smallest absolute Gasteiger partial charge is 0.188 e. The van der Waals surface area contributed by atoms with Crippen LogP contribution in [0.2, 0.25) is 0 Å². The molecule has 0 aromatic heterocycles. The van der Waals surface area contributed by atoms with Crippen molar-refractivity contribution in [3.8, 4) is 5.75 Å². The predicted octanol–water partition coefficient (Wildman–Crippen LogP) is 8.67. The zero-order chi connectivity index (χ0) is 34.7. The Morgan fingerprint density at radius 1 is 0.735 bits per heavy atom. The summed E-state index contributed by atoms with van der Waals surface area (Å²) in [6, 6.07) is 20.8. The summed E-state index contributed by atoms with van der Waals surface area (Å²) >= 11 is 0. The van der Waals surface area contributed by atoms with E-state index in [1.54, 1.807) is 7.11 Å². The van der Waals surface area contributed by atoms with Crippen LogP contribution in [-0.4, -0.2) is 61.2 Å². The van der Waals surface area contributed by atoms with E-state index in [-0.39, 0.29) is 48.3 Å².